The van der Waals surface area contributed by atoms with E-state index in [2.05, 4.69) is 5.32 Å². The Kier molecular flexibility index (Phi) is 5.43. The molecule has 0 bridgehead atoms. The van der Waals surface area contributed by atoms with Crippen molar-refractivity contribution in [3.63, 3.8) is 0 Å². The van der Waals surface area contributed by atoms with E-state index in [4.69, 9.17) is 4.74 Å². The second kappa shape index (κ2) is 6.30. The Labute approximate surface area is 117 Å². The number of alkyl halides is 3. The molecule has 1 rings (SSSR count). The fourth-order valence-corrected chi connectivity index (χ4v) is 2.29. The predicted octanol–water partition coefficient (Wildman–Crippen LogP) is 1.94. The summed E-state index contributed by atoms with van der Waals surface area (Å²) >= 11 is 0. The number of methoxy groups -OCH3 is 1. The minimum absolute atomic E-state index is 0.263. The summed E-state index contributed by atoms with van der Waals surface area (Å²) in [5.74, 6) is -0.434. The molecule has 0 heterocycles. The highest BCUT2D eigenvalue weighted by Gasteiger charge is 2.41. The van der Waals surface area contributed by atoms with Crippen molar-refractivity contribution in [2.75, 3.05) is 20.7 Å². The number of hydrogen-bond acceptors (Lipinski definition) is 4. The average molecular weight is 296 g/mol. The van der Waals surface area contributed by atoms with Gasteiger partial charge in [-0.15, -0.1) is 0 Å². The molecule has 2 unspecified atom stereocenters. The highest BCUT2D eigenvalue weighted by molar-refractivity contribution is 5.80. The zero-order valence-electron chi connectivity index (χ0n) is 12.4. The molecule has 4 nitrogen and oxygen atoms in total. The third-order valence-electron chi connectivity index (χ3n) is 3.62. The SMILES string of the molecule is COC(=O)C(C)(CC(C)N(C)CC(F)(F)F)NC1CC1. The number of nitrogens with zero attached hydrogens (tertiary/aromatic N) is 1. The largest absolute Gasteiger partial charge is 0.468 e. The van der Waals surface area contributed by atoms with E-state index in [0.717, 1.165) is 12.8 Å². The first-order chi connectivity index (χ1) is 9.07. The molecule has 0 aromatic heterocycles. The van der Waals surface area contributed by atoms with Crippen LogP contribution in [0, 0.1) is 0 Å². The number of carbonyl (C=O) groups is 1. The molecule has 0 spiro atoms. The summed E-state index contributed by atoms with van der Waals surface area (Å²) in [6.45, 7) is 2.38. The third kappa shape index (κ3) is 5.28. The number of halogens is 3. The van der Waals surface area contributed by atoms with Gasteiger partial charge in [0.15, 0.2) is 0 Å². The topological polar surface area (TPSA) is 41.6 Å². The Morgan fingerprint density at radius 2 is 2.00 bits per heavy atom. The number of ether oxygens (including phenoxy) is 1. The monoisotopic (exact) mass is 296 g/mol. The van der Waals surface area contributed by atoms with Crippen LogP contribution in [-0.2, 0) is 9.53 Å². The van der Waals surface area contributed by atoms with Gasteiger partial charge in [0.05, 0.1) is 13.7 Å². The van der Waals surface area contributed by atoms with E-state index in [9.17, 15) is 18.0 Å². The summed E-state index contributed by atoms with van der Waals surface area (Å²) in [6.07, 6.45) is -2.00. The van der Waals surface area contributed by atoms with Crippen LogP contribution in [0.2, 0.25) is 0 Å². The molecule has 1 fully saturated rings. The lowest BCUT2D eigenvalue weighted by Crippen LogP contribution is -2.55. The first kappa shape index (κ1) is 17.2. The molecule has 1 aliphatic carbocycles. The van der Waals surface area contributed by atoms with Gasteiger partial charge in [-0.05, 0) is 40.2 Å². The van der Waals surface area contributed by atoms with Gasteiger partial charge in [0.2, 0.25) is 0 Å². The lowest BCUT2D eigenvalue weighted by atomic mass is 9.92. The van der Waals surface area contributed by atoms with Gasteiger partial charge in [-0.25, -0.2) is 0 Å². The number of hydrogen-bond donors (Lipinski definition) is 1. The van der Waals surface area contributed by atoms with E-state index in [-0.39, 0.29) is 12.5 Å². The van der Waals surface area contributed by atoms with Crippen molar-refractivity contribution in [2.45, 2.75) is 56.9 Å². The molecule has 1 N–H and O–H groups in total. The van der Waals surface area contributed by atoms with Crippen molar-refractivity contribution in [2.24, 2.45) is 0 Å². The maximum atomic E-state index is 12.4. The standard InChI is InChI=1S/C13H23F3N2O2/c1-9(18(3)8-13(14,15)16)7-12(2,11(19)20-4)17-10-5-6-10/h9-10,17H,5-8H2,1-4H3. The molecule has 7 heteroatoms. The van der Waals surface area contributed by atoms with Crippen LogP contribution < -0.4 is 5.32 Å². The van der Waals surface area contributed by atoms with Gasteiger partial charge in [0, 0.05) is 12.1 Å². The van der Waals surface area contributed by atoms with Gasteiger partial charge < -0.3 is 4.74 Å². The lowest BCUT2D eigenvalue weighted by Gasteiger charge is -2.34. The van der Waals surface area contributed by atoms with E-state index in [1.54, 1.807) is 13.8 Å². The van der Waals surface area contributed by atoms with Gasteiger partial charge in [-0.1, -0.05) is 0 Å². The molecule has 118 valence electrons. The Morgan fingerprint density at radius 1 is 1.45 bits per heavy atom. The molecule has 2 atom stereocenters. The number of rotatable bonds is 7. The van der Waals surface area contributed by atoms with Gasteiger partial charge in [-0.2, -0.15) is 13.2 Å². The van der Waals surface area contributed by atoms with Crippen molar-refractivity contribution in [3.8, 4) is 0 Å². The minimum Gasteiger partial charge on any atom is -0.468 e. The molecule has 0 amide bonds. The summed E-state index contributed by atoms with van der Waals surface area (Å²) in [5, 5.41) is 3.18. The first-order valence-corrected chi connectivity index (χ1v) is 6.70. The second-order valence-corrected chi connectivity index (χ2v) is 5.83. The number of nitrogens with one attached hydrogen (secondary N) is 1. The summed E-state index contributed by atoms with van der Waals surface area (Å²) in [5.41, 5.74) is -0.949. The Morgan fingerprint density at radius 3 is 2.40 bits per heavy atom. The van der Waals surface area contributed by atoms with Gasteiger partial charge in [-0.3, -0.25) is 15.0 Å². The molecule has 1 saturated carbocycles. The molecule has 0 aliphatic heterocycles. The summed E-state index contributed by atoms with van der Waals surface area (Å²) in [7, 11) is 2.70. The highest BCUT2D eigenvalue weighted by Crippen LogP contribution is 2.27. The molecule has 0 aromatic carbocycles. The Bertz CT molecular complexity index is 345. The zero-order valence-corrected chi connectivity index (χ0v) is 12.4. The molecule has 0 aromatic rings. The summed E-state index contributed by atoms with van der Waals surface area (Å²) in [4.78, 5) is 13.1. The Hall–Kier alpha value is -0.820. The smallest absolute Gasteiger partial charge is 0.401 e. The second-order valence-electron chi connectivity index (χ2n) is 5.83. The van der Waals surface area contributed by atoms with Gasteiger partial charge >= 0.3 is 12.1 Å². The van der Waals surface area contributed by atoms with Gasteiger partial charge in [0.1, 0.15) is 5.54 Å². The van der Waals surface area contributed by atoms with Crippen LogP contribution in [0.4, 0.5) is 13.2 Å². The van der Waals surface area contributed by atoms with Crippen LogP contribution in [0.25, 0.3) is 0 Å². The van der Waals surface area contributed by atoms with Crippen molar-refractivity contribution >= 4 is 5.97 Å². The average Bonchev–Trinajstić information content (AvgIpc) is 3.09. The molecule has 0 radical (unpaired) electrons. The molecular weight excluding hydrogens is 273 g/mol. The van der Waals surface area contributed by atoms with E-state index < -0.39 is 30.3 Å². The van der Waals surface area contributed by atoms with E-state index in [1.807, 2.05) is 0 Å². The van der Waals surface area contributed by atoms with Crippen molar-refractivity contribution in [1.82, 2.24) is 10.2 Å². The van der Waals surface area contributed by atoms with E-state index in [1.165, 1.54) is 19.1 Å². The van der Waals surface area contributed by atoms with Crippen LogP contribution >= 0.6 is 0 Å². The normalized spacial score (nSPS) is 20.6. The fourth-order valence-electron chi connectivity index (χ4n) is 2.29. The predicted molar refractivity (Wildman–Crippen MR) is 69.3 cm³/mol. The van der Waals surface area contributed by atoms with Crippen LogP contribution in [0.1, 0.15) is 33.1 Å². The quantitative estimate of drug-likeness (QED) is 0.729. The van der Waals surface area contributed by atoms with Crippen LogP contribution in [0.15, 0.2) is 0 Å². The number of carbonyl (C=O) groups excluding carboxylic acids is 1. The fraction of sp³-hybridized carbons (Fsp3) is 0.923. The molecule has 20 heavy (non-hydrogen) atoms. The van der Waals surface area contributed by atoms with Crippen LogP contribution in [0.3, 0.4) is 0 Å². The van der Waals surface area contributed by atoms with Crippen molar-refractivity contribution in [1.29, 1.82) is 0 Å². The zero-order chi connectivity index (χ0) is 15.6. The summed E-state index contributed by atoms with van der Waals surface area (Å²) < 4.78 is 42.0. The van der Waals surface area contributed by atoms with E-state index >= 15 is 0 Å². The minimum atomic E-state index is -4.24. The molecule has 0 saturated heterocycles. The summed E-state index contributed by atoms with van der Waals surface area (Å²) in [6, 6.07) is -0.133. The van der Waals surface area contributed by atoms with Crippen molar-refractivity contribution < 1.29 is 22.7 Å². The maximum Gasteiger partial charge on any atom is 0.401 e. The van der Waals surface area contributed by atoms with Crippen LogP contribution in [0.5, 0.6) is 0 Å². The van der Waals surface area contributed by atoms with Gasteiger partial charge in [0.25, 0.3) is 0 Å². The molecular formula is C13H23F3N2O2. The maximum absolute atomic E-state index is 12.4. The lowest BCUT2D eigenvalue weighted by molar-refractivity contribution is -0.152. The van der Waals surface area contributed by atoms with Crippen LogP contribution in [-0.4, -0.2) is 55.4 Å². The van der Waals surface area contributed by atoms with Crippen molar-refractivity contribution in [3.05, 3.63) is 0 Å². The Balaban J connectivity index is 2.65. The molecule has 1 aliphatic rings. The number of esters is 1. The highest BCUT2D eigenvalue weighted by atomic mass is 19.4. The van der Waals surface area contributed by atoms with E-state index in [0.29, 0.717) is 0 Å². The third-order valence-corrected chi connectivity index (χ3v) is 3.62. The first-order valence-electron chi connectivity index (χ1n) is 6.70.